The molecule has 162 valence electrons. The summed E-state index contributed by atoms with van der Waals surface area (Å²) in [6.07, 6.45) is 2.40. The number of anilines is 2. The van der Waals surface area contributed by atoms with E-state index in [1.807, 2.05) is 49.4 Å². The number of ether oxygens (including phenoxy) is 2. The van der Waals surface area contributed by atoms with Crippen LogP contribution in [0.15, 0.2) is 48.5 Å². The molecule has 3 aromatic rings. The Balaban J connectivity index is 1.52. The van der Waals surface area contributed by atoms with E-state index in [0.717, 1.165) is 30.0 Å². The van der Waals surface area contributed by atoms with Crippen molar-refractivity contribution in [2.24, 2.45) is 0 Å². The molecular weight excluding hydrogens is 392 g/mol. The number of aryl methyl sites for hydroxylation is 1. The minimum Gasteiger partial charge on any atom is -0.493 e. The predicted octanol–water partition coefficient (Wildman–Crippen LogP) is 4.11. The van der Waals surface area contributed by atoms with Crippen molar-refractivity contribution in [2.75, 3.05) is 37.5 Å². The highest BCUT2D eigenvalue weighted by atomic mass is 16.5. The molecule has 0 spiro atoms. The Kier molecular flexibility index (Phi) is 6.11. The highest BCUT2D eigenvalue weighted by Gasteiger charge is 2.16. The van der Waals surface area contributed by atoms with Crippen LogP contribution in [0.3, 0.4) is 0 Å². The third-order valence-corrected chi connectivity index (χ3v) is 5.50. The average molecular weight is 421 g/mol. The fourth-order valence-electron chi connectivity index (χ4n) is 3.93. The summed E-state index contributed by atoms with van der Waals surface area (Å²) in [4.78, 5) is 15.3. The van der Waals surface area contributed by atoms with Gasteiger partial charge in [-0.25, -0.2) is 4.68 Å². The van der Waals surface area contributed by atoms with Gasteiger partial charge in [0.25, 0.3) is 5.91 Å². The lowest BCUT2D eigenvalue weighted by molar-refractivity contribution is 0.102. The van der Waals surface area contributed by atoms with E-state index in [0.29, 0.717) is 29.4 Å². The van der Waals surface area contributed by atoms with E-state index in [4.69, 9.17) is 9.47 Å². The summed E-state index contributed by atoms with van der Waals surface area (Å²) in [5.74, 6) is 1.85. The Morgan fingerprint density at radius 3 is 2.55 bits per heavy atom. The molecule has 1 aromatic heterocycles. The van der Waals surface area contributed by atoms with E-state index in [1.165, 1.54) is 12.8 Å². The van der Waals surface area contributed by atoms with Crippen molar-refractivity contribution >= 4 is 17.4 Å². The molecule has 0 radical (unpaired) electrons. The first kappa shape index (κ1) is 20.8. The summed E-state index contributed by atoms with van der Waals surface area (Å²) >= 11 is 0. The maximum Gasteiger partial charge on any atom is 0.256 e. The first-order valence-corrected chi connectivity index (χ1v) is 10.5. The van der Waals surface area contributed by atoms with Crippen molar-refractivity contribution in [1.29, 1.82) is 0 Å². The maximum atomic E-state index is 13.0. The predicted molar refractivity (Wildman–Crippen MR) is 121 cm³/mol. The fraction of sp³-hybridized carbons (Fsp3) is 0.333. The summed E-state index contributed by atoms with van der Waals surface area (Å²) in [7, 11) is 3.22. The van der Waals surface area contributed by atoms with Gasteiger partial charge >= 0.3 is 0 Å². The molecular formula is C24H28N4O3. The zero-order chi connectivity index (χ0) is 21.8. The molecule has 7 heteroatoms. The number of hydrogen-bond acceptors (Lipinski definition) is 5. The Hall–Kier alpha value is -3.48. The van der Waals surface area contributed by atoms with Crippen molar-refractivity contribution in [2.45, 2.75) is 26.3 Å². The molecule has 4 rings (SSSR count). The molecule has 7 nitrogen and oxygen atoms in total. The number of carbonyl (C=O) groups excluding carboxylic acids is 1. The van der Waals surface area contributed by atoms with E-state index < -0.39 is 0 Å². The third kappa shape index (κ3) is 4.66. The minimum absolute atomic E-state index is 0.144. The Morgan fingerprint density at radius 1 is 1.03 bits per heavy atom. The van der Waals surface area contributed by atoms with Crippen LogP contribution in [0.4, 0.5) is 11.5 Å². The smallest absolute Gasteiger partial charge is 0.256 e. The van der Waals surface area contributed by atoms with Crippen LogP contribution in [-0.4, -0.2) is 43.0 Å². The van der Waals surface area contributed by atoms with Gasteiger partial charge in [0.15, 0.2) is 11.5 Å². The van der Waals surface area contributed by atoms with Gasteiger partial charge in [0.1, 0.15) is 5.82 Å². The van der Waals surface area contributed by atoms with Gasteiger partial charge in [-0.05, 0) is 55.7 Å². The zero-order valence-corrected chi connectivity index (χ0v) is 18.2. The molecule has 0 atom stereocenters. The van der Waals surface area contributed by atoms with Crippen molar-refractivity contribution in [3.05, 3.63) is 65.4 Å². The van der Waals surface area contributed by atoms with E-state index in [9.17, 15) is 4.79 Å². The highest BCUT2D eigenvalue weighted by Crippen LogP contribution is 2.28. The van der Waals surface area contributed by atoms with Crippen LogP contribution >= 0.6 is 0 Å². The Morgan fingerprint density at radius 2 is 1.81 bits per heavy atom. The van der Waals surface area contributed by atoms with Gasteiger partial charge < -0.3 is 19.7 Å². The van der Waals surface area contributed by atoms with Crippen LogP contribution in [0.1, 0.15) is 34.5 Å². The lowest BCUT2D eigenvalue weighted by Crippen LogP contribution is -2.19. The molecule has 31 heavy (non-hydrogen) atoms. The SMILES string of the molecule is COc1ccc(Cn2nc(C)cc2NC(=O)c2cccc(N3CCCC3)c2)cc1OC. The molecule has 1 aliphatic heterocycles. The van der Waals surface area contributed by atoms with Crippen molar-refractivity contribution in [3.8, 4) is 11.5 Å². The number of carbonyl (C=O) groups is 1. The molecule has 0 saturated carbocycles. The Bertz CT molecular complexity index is 1070. The third-order valence-electron chi connectivity index (χ3n) is 5.50. The van der Waals surface area contributed by atoms with E-state index in [1.54, 1.807) is 18.9 Å². The minimum atomic E-state index is -0.144. The number of amides is 1. The average Bonchev–Trinajstić information content (AvgIpc) is 3.44. The topological polar surface area (TPSA) is 68.6 Å². The summed E-state index contributed by atoms with van der Waals surface area (Å²) in [6.45, 7) is 4.50. The Labute approximate surface area is 182 Å². The standard InChI is InChI=1S/C24H28N4O3/c1-17-13-23(28(26-17)16-18-9-10-21(30-2)22(14-18)31-3)25-24(29)19-7-6-8-20(15-19)27-11-4-5-12-27/h6-10,13-15H,4-5,11-12,16H2,1-3H3,(H,25,29). The fourth-order valence-corrected chi connectivity index (χ4v) is 3.93. The summed E-state index contributed by atoms with van der Waals surface area (Å²) in [5.41, 5.74) is 3.56. The number of aromatic nitrogens is 2. The first-order chi connectivity index (χ1) is 15.1. The first-order valence-electron chi connectivity index (χ1n) is 10.5. The molecule has 2 heterocycles. The van der Waals surface area contributed by atoms with Crippen molar-refractivity contribution in [1.82, 2.24) is 9.78 Å². The van der Waals surface area contributed by atoms with E-state index >= 15 is 0 Å². The quantitative estimate of drug-likeness (QED) is 0.623. The van der Waals surface area contributed by atoms with Gasteiger partial charge in [-0.15, -0.1) is 0 Å². The van der Waals surface area contributed by atoms with Crippen LogP contribution in [0.2, 0.25) is 0 Å². The molecule has 1 aliphatic rings. The van der Waals surface area contributed by atoms with Crippen LogP contribution in [0, 0.1) is 6.92 Å². The van der Waals surface area contributed by atoms with Gasteiger partial charge in [0, 0.05) is 30.4 Å². The normalized spacial score (nSPS) is 13.3. The van der Waals surface area contributed by atoms with Crippen molar-refractivity contribution < 1.29 is 14.3 Å². The number of nitrogens with one attached hydrogen (secondary N) is 1. The van der Waals surface area contributed by atoms with Gasteiger partial charge in [-0.2, -0.15) is 5.10 Å². The molecule has 0 unspecified atom stereocenters. The molecule has 1 N–H and O–H groups in total. The van der Waals surface area contributed by atoms with Crippen LogP contribution < -0.4 is 19.7 Å². The van der Waals surface area contributed by atoms with Gasteiger partial charge in [0.05, 0.1) is 26.5 Å². The molecule has 1 saturated heterocycles. The monoisotopic (exact) mass is 420 g/mol. The van der Waals surface area contributed by atoms with Gasteiger partial charge in [-0.3, -0.25) is 4.79 Å². The second kappa shape index (κ2) is 9.12. The number of benzene rings is 2. The van der Waals surface area contributed by atoms with E-state index in [2.05, 4.69) is 21.4 Å². The second-order valence-corrected chi connectivity index (χ2v) is 7.72. The van der Waals surface area contributed by atoms with Crippen LogP contribution in [0.5, 0.6) is 11.5 Å². The van der Waals surface area contributed by atoms with Crippen molar-refractivity contribution in [3.63, 3.8) is 0 Å². The van der Waals surface area contributed by atoms with Crippen LogP contribution in [-0.2, 0) is 6.54 Å². The molecule has 1 fully saturated rings. The number of nitrogens with zero attached hydrogens (tertiary/aromatic N) is 3. The number of hydrogen-bond donors (Lipinski definition) is 1. The lowest BCUT2D eigenvalue weighted by atomic mass is 10.1. The number of methoxy groups -OCH3 is 2. The van der Waals surface area contributed by atoms with E-state index in [-0.39, 0.29) is 5.91 Å². The van der Waals surface area contributed by atoms with Crippen LogP contribution in [0.25, 0.3) is 0 Å². The highest BCUT2D eigenvalue weighted by molar-refractivity contribution is 6.04. The lowest BCUT2D eigenvalue weighted by Gasteiger charge is -2.18. The van der Waals surface area contributed by atoms with Gasteiger partial charge in [0.2, 0.25) is 0 Å². The zero-order valence-electron chi connectivity index (χ0n) is 18.2. The summed E-state index contributed by atoms with van der Waals surface area (Å²) < 4.78 is 12.5. The second-order valence-electron chi connectivity index (χ2n) is 7.72. The summed E-state index contributed by atoms with van der Waals surface area (Å²) in [6, 6.07) is 15.4. The largest absolute Gasteiger partial charge is 0.493 e. The molecule has 0 bridgehead atoms. The maximum absolute atomic E-state index is 13.0. The molecule has 0 aliphatic carbocycles. The molecule has 1 amide bonds. The summed E-state index contributed by atoms with van der Waals surface area (Å²) in [5, 5.41) is 7.58. The number of rotatable bonds is 7. The molecule has 2 aromatic carbocycles. The van der Waals surface area contributed by atoms with Gasteiger partial charge in [-0.1, -0.05) is 12.1 Å².